The fourth-order valence-corrected chi connectivity index (χ4v) is 3.15. The van der Waals surface area contributed by atoms with Gasteiger partial charge in [-0.05, 0) is 36.4 Å². The molecule has 1 aliphatic rings. The van der Waals surface area contributed by atoms with Crippen molar-refractivity contribution >= 4 is 38.9 Å². The van der Waals surface area contributed by atoms with Gasteiger partial charge in [0.1, 0.15) is 0 Å². The van der Waals surface area contributed by atoms with Gasteiger partial charge in [0.15, 0.2) is 0 Å². The van der Waals surface area contributed by atoms with Crippen LogP contribution in [-0.4, -0.2) is 48.5 Å². The van der Waals surface area contributed by atoms with E-state index >= 15 is 0 Å². The summed E-state index contributed by atoms with van der Waals surface area (Å²) in [5.74, 6) is -0.0314. The lowest BCUT2D eigenvalue weighted by atomic mass is 10.2. The second-order valence-corrected chi connectivity index (χ2v) is 7.01. The van der Waals surface area contributed by atoms with Crippen molar-refractivity contribution in [2.45, 2.75) is 0 Å². The van der Waals surface area contributed by atoms with E-state index in [-0.39, 0.29) is 11.6 Å². The van der Waals surface area contributed by atoms with Crippen molar-refractivity contribution in [3.05, 3.63) is 63.1 Å². The Morgan fingerprint density at radius 1 is 1.04 bits per heavy atom. The second kappa shape index (κ2) is 8.29. The molecule has 1 N–H and O–H groups in total. The van der Waals surface area contributed by atoms with Crippen molar-refractivity contribution < 1.29 is 9.72 Å². The van der Waals surface area contributed by atoms with Crippen LogP contribution in [0.25, 0.3) is 0 Å². The molecule has 1 heterocycles. The van der Waals surface area contributed by atoms with Crippen LogP contribution in [0, 0.1) is 10.1 Å². The van der Waals surface area contributed by atoms with E-state index in [4.69, 9.17) is 0 Å². The highest BCUT2D eigenvalue weighted by atomic mass is 79.9. The van der Waals surface area contributed by atoms with Gasteiger partial charge in [0.25, 0.3) is 5.69 Å². The normalized spacial score (nSPS) is 14.9. The van der Waals surface area contributed by atoms with Crippen LogP contribution in [0.2, 0.25) is 0 Å². The van der Waals surface area contributed by atoms with Crippen LogP contribution < -0.4 is 10.2 Å². The van der Waals surface area contributed by atoms with Crippen LogP contribution >= 0.6 is 15.9 Å². The molecule has 0 aliphatic carbocycles. The summed E-state index contributed by atoms with van der Waals surface area (Å²) in [5.41, 5.74) is 1.84. The summed E-state index contributed by atoms with van der Waals surface area (Å²) in [7, 11) is 0. The summed E-state index contributed by atoms with van der Waals surface area (Å²) < 4.78 is 0.970. The van der Waals surface area contributed by atoms with E-state index in [0.29, 0.717) is 6.54 Å². The molecule has 8 heteroatoms. The van der Waals surface area contributed by atoms with Crippen LogP contribution in [0.3, 0.4) is 0 Å². The Morgan fingerprint density at radius 3 is 2.23 bits per heavy atom. The van der Waals surface area contributed by atoms with E-state index in [9.17, 15) is 14.9 Å². The Hall–Kier alpha value is -2.45. The summed E-state index contributed by atoms with van der Waals surface area (Å²) in [5, 5.41) is 13.6. The third kappa shape index (κ3) is 4.80. The predicted molar refractivity (Wildman–Crippen MR) is 105 cm³/mol. The number of halogens is 1. The summed E-state index contributed by atoms with van der Waals surface area (Å²) >= 11 is 3.37. The number of carbonyl (C=O) groups is 1. The van der Waals surface area contributed by atoms with Gasteiger partial charge in [0.05, 0.1) is 11.5 Å². The van der Waals surface area contributed by atoms with Crippen molar-refractivity contribution in [2.75, 3.05) is 42.9 Å². The smallest absolute Gasteiger partial charge is 0.269 e. The van der Waals surface area contributed by atoms with E-state index in [2.05, 4.69) is 31.0 Å². The molecule has 1 fully saturated rings. The maximum atomic E-state index is 12.2. The SMILES string of the molecule is O=C(CN1CCN(c2ccc([N+](=O)[O-])cc2)CC1)Nc1ccc(Br)cc1. The fourth-order valence-electron chi connectivity index (χ4n) is 2.89. The fraction of sp³-hybridized carbons (Fsp3) is 0.278. The Bertz CT molecular complexity index is 772. The molecule has 1 aliphatic heterocycles. The van der Waals surface area contributed by atoms with E-state index in [0.717, 1.165) is 42.0 Å². The largest absolute Gasteiger partial charge is 0.369 e. The van der Waals surface area contributed by atoms with E-state index in [1.807, 2.05) is 24.3 Å². The Morgan fingerprint density at radius 2 is 1.65 bits per heavy atom. The molecule has 1 saturated heterocycles. The first-order chi connectivity index (χ1) is 12.5. The lowest BCUT2D eigenvalue weighted by molar-refractivity contribution is -0.384. The Labute approximate surface area is 159 Å². The molecule has 0 unspecified atom stereocenters. The molecule has 2 aromatic carbocycles. The maximum absolute atomic E-state index is 12.2. The molecular weight excluding hydrogens is 400 g/mol. The summed E-state index contributed by atoms with van der Waals surface area (Å²) in [6, 6.07) is 14.1. The number of hydrogen-bond acceptors (Lipinski definition) is 5. The third-order valence-electron chi connectivity index (χ3n) is 4.29. The number of nitrogens with one attached hydrogen (secondary N) is 1. The molecule has 1 amide bonds. The zero-order valence-corrected chi connectivity index (χ0v) is 15.7. The number of non-ortho nitro benzene ring substituents is 1. The van der Waals surface area contributed by atoms with Crippen LogP contribution in [0.15, 0.2) is 53.0 Å². The Kier molecular flexibility index (Phi) is 5.85. The van der Waals surface area contributed by atoms with Gasteiger partial charge in [-0.25, -0.2) is 0 Å². The number of amides is 1. The van der Waals surface area contributed by atoms with E-state index < -0.39 is 4.92 Å². The van der Waals surface area contributed by atoms with Crippen molar-refractivity contribution in [1.29, 1.82) is 0 Å². The molecule has 3 rings (SSSR count). The molecule has 2 aromatic rings. The molecule has 136 valence electrons. The van der Waals surface area contributed by atoms with E-state index in [1.165, 1.54) is 12.1 Å². The molecule has 0 radical (unpaired) electrons. The minimum absolute atomic E-state index is 0.0314. The number of anilines is 2. The first kappa shape index (κ1) is 18.3. The predicted octanol–water partition coefficient (Wildman–Crippen LogP) is 3.12. The molecule has 0 aromatic heterocycles. The number of rotatable bonds is 5. The van der Waals surface area contributed by atoms with Crippen LogP contribution in [0.5, 0.6) is 0 Å². The van der Waals surface area contributed by atoms with Crippen LogP contribution in [0.4, 0.5) is 17.1 Å². The van der Waals surface area contributed by atoms with Gasteiger partial charge in [0, 0.05) is 54.2 Å². The summed E-state index contributed by atoms with van der Waals surface area (Å²) in [4.78, 5) is 26.8. The minimum Gasteiger partial charge on any atom is -0.369 e. The molecular formula is C18H19BrN4O3. The lowest BCUT2D eigenvalue weighted by Gasteiger charge is -2.35. The van der Waals surface area contributed by atoms with Crippen LogP contribution in [-0.2, 0) is 4.79 Å². The van der Waals surface area contributed by atoms with Gasteiger partial charge in [-0.1, -0.05) is 15.9 Å². The zero-order valence-electron chi connectivity index (χ0n) is 14.1. The standard InChI is InChI=1S/C18H19BrN4O3/c19-14-1-3-15(4-2-14)20-18(24)13-21-9-11-22(12-10-21)16-5-7-17(8-6-16)23(25)26/h1-8H,9-13H2,(H,20,24). The molecule has 0 atom stereocenters. The van der Waals surface area contributed by atoms with Crippen LogP contribution in [0.1, 0.15) is 0 Å². The first-order valence-corrected chi connectivity index (χ1v) is 9.08. The van der Waals surface area contributed by atoms with Crippen molar-refractivity contribution in [2.24, 2.45) is 0 Å². The number of nitro groups is 1. The van der Waals surface area contributed by atoms with Gasteiger partial charge in [-0.3, -0.25) is 19.8 Å². The number of hydrogen-bond donors (Lipinski definition) is 1. The molecule has 0 spiro atoms. The number of piperazine rings is 1. The number of benzene rings is 2. The molecule has 7 nitrogen and oxygen atoms in total. The highest BCUT2D eigenvalue weighted by molar-refractivity contribution is 9.10. The van der Waals surface area contributed by atoms with Gasteiger partial charge < -0.3 is 10.2 Å². The summed E-state index contributed by atoms with van der Waals surface area (Å²) in [6.45, 7) is 3.45. The average molecular weight is 419 g/mol. The highest BCUT2D eigenvalue weighted by Gasteiger charge is 2.19. The van der Waals surface area contributed by atoms with Gasteiger partial charge in [-0.2, -0.15) is 0 Å². The van der Waals surface area contributed by atoms with E-state index in [1.54, 1.807) is 12.1 Å². The average Bonchev–Trinajstić information content (AvgIpc) is 2.64. The lowest BCUT2D eigenvalue weighted by Crippen LogP contribution is -2.48. The van der Waals surface area contributed by atoms with Crippen molar-refractivity contribution in [3.63, 3.8) is 0 Å². The molecule has 0 bridgehead atoms. The van der Waals surface area contributed by atoms with Crippen molar-refractivity contribution in [3.8, 4) is 0 Å². The minimum atomic E-state index is -0.397. The maximum Gasteiger partial charge on any atom is 0.269 e. The Balaban J connectivity index is 1.48. The van der Waals surface area contributed by atoms with Crippen molar-refractivity contribution in [1.82, 2.24) is 4.90 Å². The highest BCUT2D eigenvalue weighted by Crippen LogP contribution is 2.20. The first-order valence-electron chi connectivity index (χ1n) is 8.28. The summed E-state index contributed by atoms with van der Waals surface area (Å²) in [6.07, 6.45) is 0. The molecule has 0 saturated carbocycles. The monoisotopic (exact) mass is 418 g/mol. The topological polar surface area (TPSA) is 78.7 Å². The number of nitrogens with zero attached hydrogens (tertiary/aromatic N) is 3. The number of nitro benzene ring substituents is 1. The van der Waals surface area contributed by atoms with Gasteiger partial charge in [-0.15, -0.1) is 0 Å². The third-order valence-corrected chi connectivity index (χ3v) is 4.82. The molecule has 26 heavy (non-hydrogen) atoms. The number of carbonyl (C=O) groups excluding carboxylic acids is 1. The van der Waals surface area contributed by atoms with Gasteiger partial charge in [0.2, 0.25) is 5.91 Å². The zero-order chi connectivity index (χ0) is 18.5. The van der Waals surface area contributed by atoms with Gasteiger partial charge >= 0.3 is 0 Å². The quantitative estimate of drug-likeness (QED) is 0.595. The second-order valence-electron chi connectivity index (χ2n) is 6.09.